The van der Waals surface area contributed by atoms with Gasteiger partial charge in [-0.25, -0.2) is 0 Å². The Balaban J connectivity index is 3.82. The summed E-state index contributed by atoms with van der Waals surface area (Å²) in [4.78, 5) is 0. The molecule has 0 aliphatic rings. The fraction of sp³-hybridized carbons (Fsp3) is 1.00. The van der Waals surface area contributed by atoms with Crippen molar-refractivity contribution in [2.75, 3.05) is 6.54 Å². The highest BCUT2D eigenvalue weighted by molar-refractivity contribution is 4.76. The zero-order valence-electron chi connectivity index (χ0n) is 11.3. The molecule has 0 aliphatic carbocycles. The highest BCUT2D eigenvalue weighted by Gasteiger charge is 2.20. The molecule has 0 radical (unpaired) electrons. The Labute approximate surface area is 95.5 Å². The molecule has 0 saturated heterocycles. The van der Waals surface area contributed by atoms with Crippen molar-refractivity contribution in [1.82, 2.24) is 5.32 Å². The molecule has 0 aromatic heterocycles. The fourth-order valence-corrected chi connectivity index (χ4v) is 2.11. The average Bonchev–Trinajstić information content (AvgIpc) is 1.97. The smallest absolute Gasteiger partial charge is 0.0517 e. The van der Waals surface area contributed by atoms with E-state index in [1.165, 1.54) is 6.42 Å². The zero-order chi connectivity index (χ0) is 12.1. The third kappa shape index (κ3) is 8.88. The van der Waals surface area contributed by atoms with E-state index in [4.69, 9.17) is 0 Å². The predicted octanol–water partition coefficient (Wildman–Crippen LogP) is 2.81. The van der Waals surface area contributed by atoms with Crippen LogP contribution in [0.1, 0.15) is 54.4 Å². The maximum absolute atomic E-state index is 9.37. The van der Waals surface area contributed by atoms with Crippen LogP contribution >= 0.6 is 0 Å². The molecule has 2 nitrogen and oxygen atoms in total. The Morgan fingerprint density at radius 3 is 2.07 bits per heavy atom. The van der Waals surface area contributed by atoms with Crippen LogP contribution in [0.5, 0.6) is 0 Å². The number of nitrogens with one attached hydrogen (secondary N) is 1. The summed E-state index contributed by atoms with van der Waals surface area (Å²) in [7, 11) is 0. The second-order valence-corrected chi connectivity index (χ2v) is 6.13. The number of hydrogen-bond donors (Lipinski definition) is 2. The maximum atomic E-state index is 9.37. The van der Waals surface area contributed by atoms with Crippen LogP contribution in [0.25, 0.3) is 0 Å². The largest absolute Gasteiger partial charge is 0.393 e. The molecule has 0 amide bonds. The molecule has 2 unspecified atom stereocenters. The van der Waals surface area contributed by atoms with Gasteiger partial charge in [-0.2, -0.15) is 0 Å². The highest BCUT2D eigenvalue weighted by atomic mass is 16.3. The molecule has 15 heavy (non-hydrogen) atoms. The van der Waals surface area contributed by atoms with Crippen molar-refractivity contribution in [3.05, 3.63) is 0 Å². The van der Waals surface area contributed by atoms with E-state index in [0.717, 1.165) is 18.9 Å². The maximum Gasteiger partial charge on any atom is 0.0517 e. The SMILES string of the molecule is CC(C)CC(C)NCC(C)(C)CC(C)O. The van der Waals surface area contributed by atoms with Gasteiger partial charge >= 0.3 is 0 Å². The zero-order valence-corrected chi connectivity index (χ0v) is 11.3. The van der Waals surface area contributed by atoms with E-state index in [1.54, 1.807) is 0 Å². The van der Waals surface area contributed by atoms with Gasteiger partial charge in [0.05, 0.1) is 6.10 Å². The summed E-state index contributed by atoms with van der Waals surface area (Å²) in [6.45, 7) is 14.0. The van der Waals surface area contributed by atoms with E-state index in [2.05, 4.69) is 39.9 Å². The van der Waals surface area contributed by atoms with Gasteiger partial charge in [-0.3, -0.25) is 0 Å². The lowest BCUT2D eigenvalue weighted by molar-refractivity contribution is 0.126. The van der Waals surface area contributed by atoms with Crippen molar-refractivity contribution in [3.8, 4) is 0 Å². The number of aliphatic hydroxyl groups is 1. The number of hydrogen-bond acceptors (Lipinski definition) is 2. The van der Waals surface area contributed by atoms with Gasteiger partial charge < -0.3 is 10.4 Å². The van der Waals surface area contributed by atoms with Gasteiger partial charge in [-0.1, -0.05) is 27.7 Å². The van der Waals surface area contributed by atoms with Crippen LogP contribution in [0, 0.1) is 11.3 Å². The minimum Gasteiger partial charge on any atom is -0.393 e. The summed E-state index contributed by atoms with van der Waals surface area (Å²) in [6.07, 6.45) is 1.86. The third-order valence-corrected chi connectivity index (χ3v) is 2.60. The Hall–Kier alpha value is -0.0800. The lowest BCUT2D eigenvalue weighted by Crippen LogP contribution is -2.37. The van der Waals surface area contributed by atoms with Gasteiger partial charge in [0.25, 0.3) is 0 Å². The minimum atomic E-state index is -0.206. The summed E-state index contributed by atoms with van der Waals surface area (Å²) in [6, 6.07) is 0.568. The van der Waals surface area contributed by atoms with Gasteiger partial charge in [-0.05, 0) is 38.0 Å². The Bertz CT molecular complexity index is 164. The molecule has 0 aliphatic heterocycles. The predicted molar refractivity (Wildman–Crippen MR) is 67.0 cm³/mol. The summed E-state index contributed by atoms with van der Waals surface area (Å²) in [5.41, 5.74) is 0.180. The monoisotopic (exact) mass is 215 g/mol. The van der Waals surface area contributed by atoms with Crippen molar-refractivity contribution in [2.45, 2.75) is 66.5 Å². The molecule has 0 rings (SSSR count). The van der Waals surface area contributed by atoms with E-state index < -0.39 is 0 Å². The van der Waals surface area contributed by atoms with E-state index in [9.17, 15) is 5.11 Å². The first kappa shape index (κ1) is 14.9. The van der Waals surface area contributed by atoms with Gasteiger partial charge in [0.2, 0.25) is 0 Å². The van der Waals surface area contributed by atoms with E-state index in [0.29, 0.717) is 6.04 Å². The highest BCUT2D eigenvalue weighted by Crippen LogP contribution is 2.21. The van der Waals surface area contributed by atoms with Gasteiger partial charge in [0, 0.05) is 12.6 Å². The summed E-state index contributed by atoms with van der Waals surface area (Å²) in [5.74, 6) is 0.743. The van der Waals surface area contributed by atoms with Gasteiger partial charge in [-0.15, -0.1) is 0 Å². The molecule has 0 saturated carbocycles. The molecule has 0 aromatic rings. The standard InChI is InChI=1S/C13H29NO/c1-10(2)7-11(3)14-9-13(5,6)8-12(4)15/h10-12,14-15H,7-9H2,1-6H3. The molecule has 2 N–H and O–H groups in total. The topological polar surface area (TPSA) is 32.3 Å². The average molecular weight is 215 g/mol. The van der Waals surface area contributed by atoms with Crippen molar-refractivity contribution < 1.29 is 5.11 Å². The molecule has 92 valence electrons. The second-order valence-electron chi connectivity index (χ2n) is 6.13. The second kappa shape index (κ2) is 6.49. The molecule has 0 bridgehead atoms. The molecular weight excluding hydrogens is 186 g/mol. The lowest BCUT2D eigenvalue weighted by atomic mass is 9.86. The van der Waals surface area contributed by atoms with Gasteiger partial charge in [0.15, 0.2) is 0 Å². The Morgan fingerprint density at radius 1 is 1.13 bits per heavy atom. The van der Waals surface area contributed by atoms with E-state index in [-0.39, 0.29) is 11.5 Å². The first-order chi connectivity index (χ1) is 6.73. The van der Waals surface area contributed by atoms with Crippen molar-refractivity contribution in [2.24, 2.45) is 11.3 Å². The fourth-order valence-electron chi connectivity index (χ4n) is 2.11. The van der Waals surface area contributed by atoms with Crippen molar-refractivity contribution >= 4 is 0 Å². The molecule has 0 aromatic carbocycles. The van der Waals surface area contributed by atoms with Crippen LogP contribution < -0.4 is 5.32 Å². The van der Waals surface area contributed by atoms with Crippen LogP contribution in [0.4, 0.5) is 0 Å². The van der Waals surface area contributed by atoms with E-state index in [1.807, 2.05) is 6.92 Å². The van der Waals surface area contributed by atoms with Crippen LogP contribution in [0.3, 0.4) is 0 Å². The van der Waals surface area contributed by atoms with Crippen molar-refractivity contribution in [3.63, 3.8) is 0 Å². The number of rotatable bonds is 7. The molecular formula is C13H29NO. The molecule has 0 spiro atoms. The molecule has 0 fully saturated rings. The molecule has 2 atom stereocenters. The first-order valence-corrected chi connectivity index (χ1v) is 6.14. The normalized spacial score (nSPS) is 16.8. The quantitative estimate of drug-likeness (QED) is 0.684. The first-order valence-electron chi connectivity index (χ1n) is 6.14. The molecule has 0 heterocycles. The minimum absolute atomic E-state index is 0.180. The molecule has 2 heteroatoms. The van der Waals surface area contributed by atoms with Crippen LogP contribution in [-0.2, 0) is 0 Å². The Morgan fingerprint density at radius 2 is 1.67 bits per heavy atom. The summed E-state index contributed by atoms with van der Waals surface area (Å²) in [5, 5.41) is 12.9. The van der Waals surface area contributed by atoms with Crippen LogP contribution in [0.15, 0.2) is 0 Å². The lowest BCUT2D eigenvalue weighted by Gasteiger charge is -2.28. The number of aliphatic hydroxyl groups excluding tert-OH is 1. The Kier molecular flexibility index (Phi) is 6.46. The third-order valence-electron chi connectivity index (χ3n) is 2.60. The van der Waals surface area contributed by atoms with Gasteiger partial charge in [0.1, 0.15) is 0 Å². The van der Waals surface area contributed by atoms with Crippen LogP contribution in [0.2, 0.25) is 0 Å². The van der Waals surface area contributed by atoms with E-state index >= 15 is 0 Å². The van der Waals surface area contributed by atoms with Crippen LogP contribution in [-0.4, -0.2) is 23.8 Å². The van der Waals surface area contributed by atoms with Crippen molar-refractivity contribution in [1.29, 1.82) is 0 Å². The summed E-state index contributed by atoms with van der Waals surface area (Å²) >= 11 is 0. The summed E-state index contributed by atoms with van der Waals surface area (Å²) < 4.78 is 0.